The number of aldehydes is 1. The smallest absolute Gasteiger partial charge is 0.145 e. The Labute approximate surface area is 182 Å². The van der Waals surface area contributed by atoms with Crippen LogP contribution in [0.25, 0.3) is 0 Å². The summed E-state index contributed by atoms with van der Waals surface area (Å²) in [5, 5.41) is 0. The van der Waals surface area contributed by atoms with Gasteiger partial charge in [-0.25, -0.2) is 0 Å². The predicted octanol–water partition coefficient (Wildman–Crippen LogP) is 7.45. The number of hydrogen-bond acceptors (Lipinski definition) is 3. The first-order valence-electron chi connectivity index (χ1n) is 10.6. The third-order valence-corrected chi connectivity index (χ3v) is 5.21. The molecule has 0 spiro atoms. The van der Waals surface area contributed by atoms with E-state index in [0.717, 1.165) is 24.5 Å². The molecule has 0 aromatic carbocycles. The number of Topliss-reactive ketones (excluding diaryl/α,β-unsaturated/α-hetero) is 1. The van der Waals surface area contributed by atoms with Gasteiger partial charge in [-0.3, -0.25) is 9.59 Å². The molecule has 0 aliphatic heterocycles. The minimum atomic E-state index is 0. The average Bonchev–Trinajstić information content (AvgIpc) is 2.62. The van der Waals surface area contributed by atoms with Crippen molar-refractivity contribution in [3.63, 3.8) is 0 Å². The van der Waals surface area contributed by atoms with Gasteiger partial charge in [-0.05, 0) is 62.4 Å². The highest BCUT2D eigenvalue weighted by atomic mass is 16.5. The summed E-state index contributed by atoms with van der Waals surface area (Å²) < 4.78 is 4.82. The molecule has 1 saturated carbocycles. The SMILES string of the molecule is C.C=C(C)C1CCCC(C(C)(C)C)C1.C=C(C)C=O.COCCCC(=O)C(C)C. The van der Waals surface area contributed by atoms with Gasteiger partial charge in [0.1, 0.15) is 12.1 Å². The Morgan fingerprint density at radius 2 is 1.69 bits per heavy atom. The summed E-state index contributed by atoms with van der Waals surface area (Å²) in [6, 6.07) is 0. The van der Waals surface area contributed by atoms with E-state index in [-0.39, 0.29) is 13.3 Å². The molecule has 2 unspecified atom stereocenters. The molecule has 1 fully saturated rings. The van der Waals surface area contributed by atoms with Crippen LogP contribution in [0.15, 0.2) is 24.3 Å². The second-order valence-corrected chi connectivity index (χ2v) is 9.45. The molecule has 0 aromatic heterocycles. The van der Waals surface area contributed by atoms with Crippen molar-refractivity contribution in [3.05, 3.63) is 24.3 Å². The first-order valence-corrected chi connectivity index (χ1v) is 10.6. The van der Waals surface area contributed by atoms with E-state index in [1.54, 1.807) is 14.0 Å². The van der Waals surface area contributed by atoms with Crippen LogP contribution in [0.3, 0.4) is 0 Å². The lowest BCUT2D eigenvalue weighted by molar-refractivity contribution is -0.122. The summed E-state index contributed by atoms with van der Waals surface area (Å²) in [6.45, 7) is 22.9. The maximum atomic E-state index is 11.0. The fraction of sp³-hybridized carbons (Fsp3) is 0.769. The number of allylic oxidation sites excluding steroid dienone is 2. The van der Waals surface area contributed by atoms with Crippen molar-refractivity contribution in [1.82, 2.24) is 0 Å². The molecule has 1 rings (SSSR count). The maximum Gasteiger partial charge on any atom is 0.145 e. The number of methoxy groups -OCH3 is 1. The number of ketones is 1. The topological polar surface area (TPSA) is 43.4 Å². The van der Waals surface area contributed by atoms with Crippen LogP contribution >= 0.6 is 0 Å². The maximum absolute atomic E-state index is 11.0. The zero-order valence-corrected chi connectivity index (χ0v) is 19.9. The van der Waals surface area contributed by atoms with Gasteiger partial charge in [0.25, 0.3) is 0 Å². The molecule has 0 saturated heterocycles. The van der Waals surface area contributed by atoms with E-state index < -0.39 is 0 Å². The van der Waals surface area contributed by atoms with Crippen LogP contribution in [0.1, 0.15) is 94.4 Å². The van der Waals surface area contributed by atoms with Crippen molar-refractivity contribution in [2.75, 3.05) is 13.7 Å². The Hall–Kier alpha value is -1.22. The lowest BCUT2D eigenvalue weighted by Gasteiger charge is -2.38. The first-order chi connectivity index (χ1) is 12.9. The zero-order chi connectivity index (χ0) is 22.3. The summed E-state index contributed by atoms with van der Waals surface area (Å²) >= 11 is 0. The van der Waals surface area contributed by atoms with Gasteiger partial charge in [-0.2, -0.15) is 0 Å². The van der Waals surface area contributed by atoms with Crippen LogP contribution in [0.5, 0.6) is 0 Å². The van der Waals surface area contributed by atoms with Crippen LogP contribution in [-0.4, -0.2) is 25.8 Å². The molecule has 0 amide bonds. The molecule has 172 valence electrons. The molecule has 3 heteroatoms. The van der Waals surface area contributed by atoms with Crippen LogP contribution in [-0.2, 0) is 14.3 Å². The normalized spacial score (nSPS) is 18.2. The second-order valence-electron chi connectivity index (χ2n) is 9.45. The molecule has 0 radical (unpaired) electrons. The van der Waals surface area contributed by atoms with Gasteiger partial charge in [0.05, 0.1) is 0 Å². The fourth-order valence-corrected chi connectivity index (χ4v) is 3.10. The third kappa shape index (κ3) is 18.5. The van der Waals surface area contributed by atoms with Gasteiger partial charge in [0, 0.05) is 26.1 Å². The Morgan fingerprint density at radius 3 is 2.03 bits per heavy atom. The summed E-state index contributed by atoms with van der Waals surface area (Å²) in [6.07, 6.45) is 7.81. The molecule has 0 N–H and O–H groups in total. The van der Waals surface area contributed by atoms with E-state index >= 15 is 0 Å². The molecular weight excluding hydrogens is 360 g/mol. The second kappa shape index (κ2) is 17.6. The van der Waals surface area contributed by atoms with Gasteiger partial charge in [-0.1, -0.05) is 67.2 Å². The molecule has 1 aliphatic carbocycles. The van der Waals surface area contributed by atoms with Crippen molar-refractivity contribution >= 4 is 12.1 Å². The average molecular weight is 411 g/mol. The first kappa shape index (κ1) is 32.4. The highest BCUT2D eigenvalue weighted by Gasteiger charge is 2.30. The molecule has 29 heavy (non-hydrogen) atoms. The van der Waals surface area contributed by atoms with Crippen LogP contribution in [0.2, 0.25) is 0 Å². The van der Waals surface area contributed by atoms with Gasteiger partial charge < -0.3 is 4.74 Å². The Bertz CT molecular complexity index is 469. The minimum Gasteiger partial charge on any atom is -0.385 e. The van der Waals surface area contributed by atoms with Gasteiger partial charge in [0.2, 0.25) is 0 Å². The summed E-state index contributed by atoms with van der Waals surface area (Å²) in [5.74, 6) is 2.22. The fourth-order valence-electron chi connectivity index (χ4n) is 3.10. The van der Waals surface area contributed by atoms with Crippen LogP contribution in [0.4, 0.5) is 0 Å². The lowest BCUT2D eigenvalue weighted by atomic mass is 9.68. The minimum absolute atomic E-state index is 0. The van der Waals surface area contributed by atoms with Crippen molar-refractivity contribution in [3.8, 4) is 0 Å². The standard InChI is InChI=1S/C13H24.C8H16O2.C4H6O.CH4/c1-10(2)11-7-6-8-12(9-11)13(3,4)5;1-7(2)8(9)5-4-6-10-3;1-4(2)3-5;/h11-12H,1,6-9H2,2-5H3;7H,4-6H2,1-3H3;3H,1H2,2H3;1H4. The van der Waals surface area contributed by atoms with E-state index in [9.17, 15) is 9.59 Å². The Kier molecular flexibility index (Phi) is 19.7. The lowest BCUT2D eigenvalue weighted by Crippen LogP contribution is -2.27. The molecule has 0 bridgehead atoms. The number of ether oxygens (including phenoxy) is 1. The molecular formula is C26H50O3. The third-order valence-electron chi connectivity index (χ3n) is 5.21. The van der Waals surface area contributed by atoms with E-state index in [0.29, 0.717) is 29.8 Å². The van der Waals surface area contributed by atoms with Crippen molar-refractivity contribution < 1.29 is 14.3 Å². The molecule has 1 aliphatic rings. The number of rotatable bonds is 7. The predicted molar refractivity (Wildman–Crippen MR) is 128 cm³/mol. The molecule has 2 atom stereocenters. The van der Waals surface area contributed by atoms with Crippen molar-refractivity contribution in [2.24, 2.45) is 23.2 Å². The summed E-state index contributed by atoms with van der Waals surface area (Å²) in [4.78, 5) is 20.4. The van der Waals surface area contributed by atoms with E-state index in [1.807, 2.05) is 13.8 Å². The van der Waals surface area contributed by atoms with E-state index in [2.05, 4.69) is 40.9 Å². The molecule has 0 heterocycles. The highest BCUT2D eigenvalue weighted by Crippen LogP contribution is 2.41. The summed E-state index contributed by atoms with van der Waals surface area (Å²) in [7, 11) is 1.65. The molecule has 0 aromatic rings. The Morgan fingerprint density at radius 1 is 1.17 bits per heavy atom. The van der Waals surface area contributed by atoms with Gasteiger partial charge in [-0.15, -0.1) is 0 Å². The molecule has 3 nitrogen and oxygen atoms in total. The number of hydrogen-bond donors (Lipinski definition) is 0. The zero-order valence-electron chi connectivity index (χ0n) is 19.9. The van der Waals surface area contributed by atoms with Crippen molar-refractivity contribution in [1.29, 1.82) is 0 Å². The van der Waals surface area contributed by atoms with Crippen LogP contribution in [0, 0.1) is 23.2 Å². The number of carbonyl (C=O) groups excluding carboxylic acids is 2. The number of carbonyl (C=O) groups is 2. The van der Waals surface area contributed by atoms with Crippen LogP contribution < -0.4 is 0 Å². The van der Waals surface area contributed by atoms with E-state index in [1.165, 1.54) is 31.3 Å². The van der Waals surface area contributed by atoms with Gasteiger partial charge >= 0.3 is 0 Å². The van der Waals surface area contributed by atoms with Crippen molar-refractivity contribution in [2.45, 2.75) is 94.4 Å². The Balaban J connectivity index is -0.000000378. The highest BCUT2D eigenvalue weighted by molar-refractivity contribution is 5.80. The quantitative estimate of drug-likeness (QED) is 0.189. The summed E-state index contributed by atoms with van der Waals surface area (Å²) in [5.41, 5.74) is 2.47. The largest absolute Gasteiger partial charge is 0.385 e. The van der Waals surface area contributed by atoms with E-state index in [4.69, 9.17) is 4.74 Å². The monoisotopic (exact) mass is 410 g/mol. The van der Waals surface area contributed by atoms with Gasteiger partial charge in [0.15, 0.2) is 0 Å².